The van der Waals surface area contributed by atoms with E-state index >= 15 is 0 Å². The van der Waals surface area contributed by atoms with E-state index in [0.29, 0.717) is 11.7 Å². The molecule has 1 saturated heterocycles. The molecule has 2 heterocycles. The molecule has 88 valence electrons. The number of carbonyl (C=O) groups is 1. The molecule has 1 aromatic heterocycles. The number of hydrogen-bond donors (Lipinski definition) is 1. The van der Waals surface area contributed by atoms with Crippen LogP contribution in [-0.4, -0.2) is 35.4 Å². The lowest BCUT2D eigenvalue weighted by molar-refractivity contribution is -0.117. The van der Waals surface area contributed by atoms with Crippen LogP contribution in [0.2, 0.25) is 0 Å². The van der Waals surface area contributed by atoms with Crippen molar-refractivity contribution in [3.8, 4) is 0 Å². The van der Waals surface area contributed by atoms with Crippen LogP contribution in [-0.2, 0) is 4.79 Å². The van der Waals surface area contributed by atoms with Crippen LogP contribution in [0, 0.1) is 0 Å². The monoisotopic (exact) mass is 239 g/mol. The largest absolute Gasteiger partial charge is 0.301 e. The zero-order chi connectivity index (χ0) is 11.2. The number of hydrogen-bond acceptors (Lipinski definition) is 4. The minimum atomic E-state index is 0.0526. The molecule has 0 saturated carbocycles. The second-order valence-corrected chi connectivity index (χ2v) is 4.97. The number of likely N-dealkylation sites (tertiary alicyclic amines) is 1. The molecule has 0 bridgehead atoms. The van der Waals surface area contributed by atoms with Gasteiger partial charge in [0.05, 0.1) is 6.54 Å². The van der Waals surface area contributed by atoms with Crippen molar-refractivity contribution in [3.05, 3.63) is 11.6 Å². The quantitative estimate of drug-likeness (QED) is 0.877. The van der Waals surface area contributed by atoms with Gasteiger partial charge in [0.2, 0.25) is 5.91 Å². The van der Waals surface area contributed by atoms with Gasteiger partial charge in [-0.15, -0.1) is 11.3 Å². The summed E-state index contributed by atoms with van der Waals surface area (Å²) in [7, 11) is 0. The van der Waals surface area contributed by atoms with E-state index in [-0.39, 0.29) is 5.91 Å². The van der Waals surface area contributed by atoms with Crippen molar-refractivity contribution in [2.75, 3.05) is 25.0 Å². The molecular formula is C11H17N3OS. The van der Waals surface area contributed by atoms with Crippen LogP contribution in [0.15, 0.2) is 11.6 Å². The number of anilines is 1. The van der Waals surface area contributed by atoms with Crippen molar-refractivity contribution in [3.63, 3.8) is 0 Å². The molecule has 1 N–H and O–H groups in total. The Balaban J connectivity index is 1.77. The average molecular weight is 239 g/mol. The van der Waals surface area contributed by atoms with Gasteiger partial charge in [-0.3, -0.25) is 9.69 Å². The van der Waals surface area contributed by atoms with Gasteiger partial charge < -0.3 is 5.32 Å². The highest BCUT2D eigenvalue weighted by Crippen LogP contribution is 2.12. The molecule has 1 amide bonds. The zero-order valence-electron chi connectivity index (χ0n) is 9.32. The van der Waals surface area contributed by atoms with E-state index in [1.54, 1.807) is 6.20 Å². The Morgan fingerprint density at radius 3 is 2.75 bits per heavy atom. The van der Waals surface area contributed by atoms with E-state index in [1.807, 2.05) is 5.38 Å². The van der Waals surface area contributed by atoms with Crippen molar-refractivity contribution in [2.24, 2.45) is 0 Å². The Morgan fingerprint density at radius 2 is 2.12 bits per heavy atom. The number of nitrogens with zero attached hydrogens (tertiary/aromatic N) is 2. The Bertz CT molecular complexity index is 318. The second kappa shape index (κ2) is 5.96. The lowest BCUT2D eigenvalue weighted by Gasteiger charge is -2.18. The number of thiazole rings is 1. The van der Waals surface area contributed by atoms with Crippen molar-refractivity contribution in [2.45, 2.75) is 25.7 Å². The number of amides is 1. The third-order valence-corrected chi connectivity index (χ3v) is 3.43. The molecule has 1 aliphatic heterocycles. The highest BCUT2D eigenvalue weighted by Gasteiger charge is 2.13. The van der Waals surface area contributed by atoms with Crippen LogP contribution >= 0.6 is 11.3 Å². The van der Waals surface area contributed by atoms with E-state index < -0.39 is 0 Å². The van der Waals surface area contributed by atoms with Gasteiger partial charge in [0.15, 0.2) is 5.13 Å². The third-order valence-electron chi connectivity index (χ3n) is 2.74. The molecule has 1 aromatic rings. The fraction of sp³-hybridized carbons (Fsp3) is 0.636. The van der Waals surface area contributed by atoms with Crippen LogP contribution in [0.3, 0.4) is 0 Å². The molecule has 0 radical (unpaired) electrons. The van der Waals surface area contributed by atoms with Gasteiger partial charge in [0.25, 0.3) is 0 Å². The first-order valence-electron chi connectivity index (χ1n) is 5.76. The molecule has 0 spiro atoms. The third kappa shape index (κ3) is 3.57. The van der Waals surface area contributed by atoms with Crippen molar-refractivity contribution >= 4 is 22.4 Å². The molecule has 2 rings (SSSR count). The Morgan fingerprint density at radius 1 is 1.38 bits per heavy atom. The van der Waals surface area contributed by atoms with Gasteiger partial charge in [-0.05, 0) is 25.9 Å². The highest BCUT2D eigenvalue weighted by molar-refractivity contribution is 7.13. The lowest BCUT2D eigenvalue weighted by atomic mass is 10.2. The first kappa shape index (κ1) is 11.5. The standard InChI is InChI=1S/C11H17N3OS/c15-10(13-11-12-5-8-16-11)9-14-6-3-1-2-4-7-14/h5,8H,1-4,6-7,9H2,(H,12,13,15). The van der Waals surface area contributed by atoms with Crippen LogP contribution < -0.4 is 5.32 Å². The summed E-state index contributed by atoms with van der Waals surface area (Å²) in [6.07, 6.45) is 6.72. The predicted molar refractivity (Wildman–Crippen MR) is 65.7 cm³/mol. The van der Waals surface area contributed by atoms with Gasteiger partial charge in [-0.25, -0.2) is 4.98 Å². The van der Waals surface area contributed by atoms with Gasteiger partial charge in [0, 0.05) is 11.6 Å². The maximum absolute atomic E-state index is 11.7. The number of rotatable bonds is 3. The molecule has 0 aliphatic carbocycles. The molecule has 0 unspecified atom stereocenters. The normalized spacial score (nSPS) is 18.0. The zero-order valence-corrected chi connectivity index (χ0v) is 10.1. The maximum atomic E-state index is 11.7. The summed E-state index contributed by atoms with van der Waals surface area (Å²) in [4.78, 5) is 18.0. The Labute approximate surface area is 99.7 Å². The fourth-order valence-electron chi connectivity index (χ4n) is 1.94. The van der Waals surface area contributed by atoms with E-state index in [1.165, 1.54) is 37.0 Å². The van der Waals surface area contributed by atoms with Gasteiger partial charge in [0.1, 0.15) is 0 Å². The first-order valence-corrected chi connectivity index (χ1v) is 6.64. The highest BCUT2D eigenvalue weighted by atomic mass is 32.1. The maximum Gasteiger partial charge on any atom is 0.240 e. The molecule has 5 heteroatoms. The average Bonchev–Trinajstić information content (AvgIpc) is 2.62. The fourth-order valence-corrected chi connectivity index (χ4v) is 2.49. The molecular weight excluding hydrogens is 222 g/mol. The van der Waals surface area contributed by atoms with Gasteiger partial charge in [-0.1, -0.05) is 12.8 Å². The number of aromatic nitrogens is 1. The van der Waals surface area contributed by atoms with Crippen LogP contribution in [0.4, 0.5) is 5.13 Å². The summed E-state index contributed by atoms with van der Waals surface area (Å²) in [5.74, 6) is 0.0526. The van der Waals surface area contributed by atoms with E-state index in [2.05, 4.69) is 15.2 Å². The smallest absolute Gasteiger partial charge is 0.240 e. The molecule has 1 aliphatic rings. The van der Waals surface area contributed by atoms with Crippen LogP contribution in [0.25, 0.3) is 0 Å². The van der Waals surface area contributed by atoms with Gasteiger partial charge in [-0.2, -0.15) is 0 Å². The SMILES string of the molecule is O=C(CN1CCCCCC1)Nc1nccs1. The molecule has 0 atom stereocenters. The molecule has 4 nitrogen and oxygen atoms in total. The summed E-state index contributed by atoms with van der Waals surface area (Å²) >= 11 is 1.46. The Hall–Kier alpha value is -0.940. The van der Waals surface area contributed by atoms with Crippen molar-refractivity contribution < 1.29 is 4.79 Å². The minimum absolute atomic E-state index is 0.0526. The van der Waals surface area contributed by atoms with Crippen LogP contribution in [0.1, 0.15) is 25.7 Å². The number of carbonyl (C=O) groups excluding carboxylic acids is 1. The second-order valence-electron chi connectivity index (χ2n) is 4.08. The van der Waals surface area contributed by atoms with Crippen molar-refractivity contribution in [1.29, 1.82) is 0 Å². The van der Waals surface area contributed by atoms with Crippen LogP contribution in [0.5, 0.6) is 0 Å². The van der Waals surface area contributed by atoms with E-state index in [9.17, 15) is 4.79 Å². The number of nitrogens with one attached hydrogen (secondary N) is 1. The molecule has 1 fully saturated rings. The summed E-state index contributed by atoms with van der Waals surface area (Å²) < 4.78 is 0. The van der Waals surface area contributed by atoms with E-state index in [4.69, 9.17) is 0 Å². The minimum Gasteiger partial charge on any atom is -0.301 e. The topological polar surface area (TPSA) is 45.2 Å². The predicted octanol–water partition coefficient (Wildman–Crippen LogP) is 1.96. The summed E-state index contributed by atoms with van der Waals surface area (Å²) in [5, 5.41) is 5.37. The first-order chi connectivity index (χ1) is 7.84. The summed E-state index contributed by atoms with van der Waals surface area (Å²) in [5.41, 5.74) is 0. The van der Waals surface area contributed by atoms with Crippen molar-refractivity contribution in [1.82, 2.24) is 9.88 Å². The molecule has 16 heavy (non-hydrogen) atoms. The lowest BCUT2D eigenvalue weighted by Crippen LogP contribution is -2.33. The Kier molecular flexibility index (Phi) is 4.30. The van der Waals surface area contributed by atoms with Gasteiger partial charge >= 0.3 is 0 Å². The summed E-state index contributed by atoms with van der Waals surface area (Å²) in [6, 6.07) is 0. The van der Waals surface area contributed by atoms with E-state index in [0.717, 1.165) is 13.1 Å². The summed E-state index contributed by atoms with van der Waals surface area (Å²) in [6.45, 7) is 2.59. The molecule has 0 aromatic carbocycles.